The molecule has 2 heterocycles. The van der Waals surface area contributed by atoms with Gasteiger partial charge in [0.1, 0.15) is 5.58 Å². The van der Waals surface area contributed by atoms with E-state index >= 15 is 0 Å². The molecule has 4 rings (SSSR count). The number of aromatic nitrogens is 4. The number of furan rings is 1. The molecule has 0 aliphatic carbocycles. The quantitative estimate of drug-likeness (QED) is 0.555. The van der Waals surface area contributed by atoms with Crippen LogP contribution >= 0.6 is 11.8 Å². The van der Waals surface area contributed by atoms with Crippen molar-refractivity contribution in [1.29, 1.82) is 0 Å². The molecule has 0 atom stereocenters. The van der Waals surface area contributed by atoms with E-state index in [1.54, 1.807) is 11.8 Å². The highest BCUT2D eigenvalue weighted by molar-refractivity contribution is 7.98. The molecule has 0 aliphatic rings. The molecule has 0 bridgehead atoms. The average molecular weight is 336 g/mol. The van der Waals surface area contributed by atoms with Crippen LogP contribution in [0, 0.1) is 0 Å². The third kappa shape index (κ3) is 3.05. The topological polar surface area (TPSA) is 67.6 Å². The number of tetrazole rings is 1. The Morgan fingerprint density at radius 3 is 2.71 bits per heavy atom. The molecule has 0 saturated carbocycles. The zero-order valence-electron chi connectivity index (χ0n) is 13.2. The van der Waals surface area contributed by atoms with Gasteiger partial charge in [-0.1, -0.05) is 24.3 Å². The van der Waals surface area contributed by atoms with Gasteiger partial charge < -0.3 is 4.42 Å². The van der Waals surface area contributed by atoms with Crippen LogP contribution in [0.2, 0.25) is 0 Å². The van der Waals surface area contributed by atoms with Crippen molar-refractivity contribution in [2.24, 2.45) is 0 Å². The minimum atomic E-state index is 0.474. The number of aromatic amines is 1. The number of nitrogens with zero attached hydrogens (tertiary/aromatic N) is 3. The molecule has 0 saturated heterocycles. The summed E-state index contributed by atoms with van der Waals surface area (Å²) in [6.07, 6.45) is 4.09. The van der Waals surface area contributed by atoms with Crippen LogP contribution in [0.25, 0.3) is 22.6 Å². The Kier molecular flexibility index (Phi) is 4.04. The predicted octanol–water partition coefficient (Wildman–Crippen LogP) is 4.12. The fraction of sp³-hybridized carbons (Fsp3) is 0.167. The molecule has 1 N–H and O–H groups in total. The number of nitrogens with one attached hydrogen (secondary N) is 1. The molecule has 6 heteroatoms. The molecule has 0 aliphatic heterocycles. The minimum Gasteiger partial charge on any atom is -0.453 e. The smallest absolute Gasteiger partial charge is 0.239 e. The van der Waals surface area contributed by atoms with Crippen LogP contribution in [0.1, 0.15) is 11.1 Å². The molecule has 2 aromatic heterocycles. The van der Waals surface area contributed by atoms with E-state index in [0.717, 1.165) is 23.8 Å². The second-order valence-corrected chi connectivity index (χ2v) is 6.45. The van der Waals surface area contributed by atoms with Crippen molar-refractivity contribution in [2.75, 3.05) is 6.26 Å². The van der Waals surface area contributed by atoms with Crippen molar-refractivity contribution in [3.8, 4) is 11.6 Å². The number of benzene rings is 2. The summed E-state index contributed by atoms with van der Waals surface area (Å²) in [6, 6.07) is 17.0. The van der Waals surface area contributed by atoms with E-state index in [-0.39, 0.29) is 0 Å². The summed E-state index contributed by atoms with van der Waals surface area (Å²) in [5, 5.41) is 15.0. The molecule has 0 fully saturated rings. The van der Waals surface area contributed by atoms with E-state index in [1.165, 1.54) is 16.0 Å². The molecule has 0 radical (unpaired) electrons. The van der Waals surface area contributed by atoms with Crippen molar-refractivity contribution >= 4 is 22.7 Å². The number of rotatable bonds is 5. The van der Waals surface area contributed by atoms with Crippen LogP contribution in [0.4, 0.5) is 0 Å². The number of thioether (sulfide) groups is 1. The van der Waals surface area contributed by atoms with E-state index in [4.69, 9.17) is 4.42 Å². The van der Waals surface area contributed by atoms with Crippen LogP contribution in [-0.2, 0) is 12.8 Å². The Bertz CT molecular complexity index is 962. The first kappa shape index (κ1) is 15.0. The molecule has 0 spiro atoms. The molecule has 120 valence electrons. The highest BCUT2D eigenvalue weighted by Gasteiger charge is 2.10. The largest absolute Gasteiger partial charge is 0.453 e. The number of fused-ring (bicyclic) bond motifs is 1. The molecule has 24 heavy (non-hydrogen) atoms. The van der Waals surface area contributed by atoms with E-state index in [2.05, 4.69) is 69.3 Å². The highest BCUT2D eigenvalue weighted by Crippen LogP contribution is 2.26. The first-order valence-electron chi connectivity index (χ1n) is 7.71. The van der Waals surface area contributed by atoms with Crippen LogP contribution in [-0.4, -0.2) is 26.9 Å². The predicted molar refractivity (Wildman–Crippen MR) is 95.0 cm³/mol. The van der Waals surface area contributed by atoms with Crippen molar-refractivity contribution < 1.29 is 4.42 Å². The lowest BCUT2D eigenvalue weighted by molar-refractivity contribution is 0.625. The molecular weight excluding hydrogens is 320 g/mol. The zero-order chi connectivity index (χ0) is 16.4. The summed E-state index contributed by atoms with van der Waals surface area (Å²) < 4.78 is 5.85. The maximum absolute atomic E-state index is 5.85. The SMILES string of the molecule is CSc1cccc(CCc2ccc3cc(-c4nn[nH]n4)oc3c2)c1. The van der Waals surface area contributed by atoms with Crippen LogP contribution < -0.4 is 0 Å². The van der Waals surface area contributed by atoms with Crippen LogP contribution in [0.15, 0.2) is 57.8 Å². The normalized spacial score (nSPS) is 11.2. The van der Waals surface area contributed by atoms with Gasteiger partial charge in [0.05, 0.1) is 0 Å². The van der Waals surface area contributed by atoms with E-state index in [1.807, 2.05) is 6.07 Å². The summed E-state index contributed by atoms with van der Waals surface area (Å²) in [5.74, 6) is 1.10. The molecule has 2 aromatic carbocycles. The molecular formula is C18H16N4OS. The number of aryl methyl sites for hydroxylation is 2. The van der Waals surface area contributed by atoms with Crippen molar-refractivity contribution in [3.05, 3.63) is 59.7 Å². The van der Waals surface area contributed by atoms with Crippen molar-refractivity contribution in [2.45, 2.75) is 17.7 Å². The molecule has 0 unspecified atom stereocenters. The Morgan fingerprint density at radius 2 is 1.92 bits per heavy atom. The Labute approximate surface area is 143 Å². The van der Waals surface area contributed by atoms with Gasteiger partial charge in [-0.2, -0.15) is 5.21 Å². The Hall–Kier alpha value is -2.60. The van der Waals surface area contributed by atoms with Gasteiger partial charge in [-0.15, -0.1) is 22.0 Å². The van der Waals surface area contributed by atoms with Crippen molar-refractivity contribution in [1.82, 2.24) is 20.6 Å². The van der Waals surface area contributed by atoms with E-state index in [0.29, 0.717) is 11.6 Å². The van der Waals surface area contributed by atoms with Crippen molar-refractivity contribution in [3.63, 3.8) is 0 Å². The van der Waals surface area contributed by atoms with Gasteiger partial charge in [-0.05, 0) is 59.7 Å². The summed E-state index contributed by atoms with van der Waals surface area (Å²) >= 11 is 1.77. The highest BCUT2D eigenvalue weighted by atomic mass is 32.2. The zero-order valence-corrected chi connectivity index (χ0v) is 14.0. The standard InChI is InChI=1S/C18H16N4OS/c1-24-15-4-2-3-12(9-15)5-6-13-7-8-14-11-17(23-16(14)10-13)18-19-21-22-20-18/h2-4,7-11H,5-6H2,1H3,(H,19,20,21,22). The summed E-state index contributed by atoms with van der Waals surface area (Å²) in [6.45, 7) is 0. The maximum Gasteiger partial charge on any atom is 0.239 e. The van der Waals surface area contributed by atoms with E-state index in [9.17, 15) is 0 Å². The van der Waals surface area contributed by atoms with E-state index < -0.39 is 0 Å². The molecule has 0 amide bonds. The first-order chi connectivity index (χ1) is 11.8. The van der Waals surface area contributed by atoms with Gasteiger partial charge in [0.2, 0.25) is 5.82 Å². The first-order valence-corrected chi connectivity index (χ1v) is 8.93. The fourth-order valence-corrected chi connectivity index (χ4v) is 3.21. The molecule has 4 aromatic rings. The monoisotopic (exact) mass is 336 g/mol. The summed E-state index contributed by atoms with van der Waals surface area (Å²) in [5.41, 5.74) is 3.46. The number of H-pyrrole nitrogens is 1. The Morgan fingerprint density at radius 1 is 1.04 bits per heavy atom. The Balaban J connectivity index is 1.54. The third-order valence-corrected chi connectivity index (χ3v) is 4.71. The van der Waals surface area contributed by atoms with Gasteiger partial charge in [-0.25, -0.2) is 0 Å². The van der Waals surface area contributed by atoms with Gasteiger partial charge in [0, 0.05) is 10.3 Å². The fourth-order valence-electron chi connectivity index (χ4n) is 2.72. The lowest BCUT2D eigenvalue weighted by Crippen LogP contribution is -1.91. The number of hydrogen-bond donors (Lipinski definition) is 1. The van der Waals surface area contributed by atoms with Gasteiger partial charge in [0.25, 0.3) is 0 Å². The minimum absolute atomic E-state index is 0.474. The second kappa shape index (κ2) is 6.49. The van der Waals surface area contributed by atoms with Gasteiger partial charge >= 0.3 is 0 Å². The number of hydrogen-bond acceptors (Lipinski definition) is 5. The van der Waals surface area contributed by atoms with Gasteiger partial charge in [-0.3, -0.25) is 0 Å². The lowest BCUT2D eigenvalue weighted by Gasteiger charge is -2.04. The molecule has 5 nitrogen and oxygen atoms in total. The third-order valence-electron chi connectivity index (χ3n) is 3.99. The second-order valence-electron chi connectivity index (χ2n) is 5.57. The summed E-state index contributed by atoms with van der Waals surface area (Å²) in [4.78, 5) is 1.30. The summed E-state index contributed by atoms with van der Waals surface area (Å²) in [7, 11) is 0. The lowest BCUT2D eigenvalue weighted by atomic mass is 10.0. The van der Waals surface area contributed by atoms with Crippen LogP contribution in [0.3, 0.4) is 0 Å². The van der Waals surface area contributed by atoms with Gasteiger partial charge in [0.15, 0.2) is 5.76 Å². The van der Waals surface area contributed by atoms with Crippen LogP contribution in [0.5, 0.6) is 0 Å². The maximum atomic E-state index is 5.85. The average Bonchev–Trinajstić information content (AvgIpc) is 3.28.